The smallest absolute Gasteiger partial charge is 0.326 e. The summed E-state index contributed by atoms with van der Waals surface area (Å²) in [7, 11) is 0. The van der Waals surface area contributed by atoms with Crippen LogP contribution in [0.1, 0.15) is 30.1 Å². The van der Waals surface area contributed by atoms with Crippen LogP contribution in [-0.4, -0.2) is 45.8 Å². The maximum absolute atomic E-state index is 13.3. The first-order valence-electron chi connectivity index (χ1n) is 8.73. The highest BCUT2D eigenvalue weighted by Gasteiger charge is 2.35. The third kappa shape index (κ3) is 4.98. The van der Waals surface area contributed by atoms with Crippen molar-refractivity contribution in [3.63, 3.8) is 0 Å². The van der Waals surface area contributed by atoms with Gasteiger partial charge in [0.25, 0.3) is 5.91 Å². The monoisotopic (exact) mass is 385 g/mol. The number of hydrogen-bond acceptors (Lipinski definition) is 4. The number of carbonyl (C=O) groups excluding carboxylic acids is 2. The van der Waals surface area contributed by atoms with E-state index in [1.807, 2.05) is 42.7 Å². The summed E-state index contributed by atoms with van der Waals surface area (Å²) in [4.78, 5) is 38.5. The van der Waals surface area contributed by atoms with Crippen LogP contribution in [0.2, 0.25) is 0 Å². The Bertz CT molecular complexity index is 807. The zero-order valence-corrected chi connectivity index (χ0v) is 16.2. The van der Waals surface area contributed by atoms with Crippen molar-refractivity contribution in [2.75, 3.05) is 12.0 Å². The van der Waals surface area contributed by atoms with Crippen molar-refractivity contribution in [1.82, 2.24) is 4.90 Å². The van der Waals surface area contributed by atoms with Gasteiger partial charge in [0.05, 0.1) is 0 Å². The van der Waals surface area contributed by atoms with E-state index < -0.39 is 23.8 Å². The van der Waals surface area contributed by atoms with E-state index in [2.05, 4.69) is 0 Å². The average Bonchev–Trinajstić information content (AvgIpc) is 2.70. The molecule has 0 fully saturated rings. The number of rotatable bonds is 8. The van der Waals surface area contributed by atoms with Gasteiger partial charge in [-0.05, 0) is 35.6 Å². The molecule has 0 saturated heterocycles. The molecule has 2 aromatic carbocycles. The summed E-state index contributed by atoms with van der Waals surface area (Å²) in [5, 5.41) is 9.64. The first kappa shape index (κ1) is 20.7. The SMILES string of the molecule is CCC(=O)N(C(=O)c1ccccc1-c1ccccc1)[C@@H](CCSC)C(=O)O. The fourth-order valence-electron chi connectivity index (χ4n) is 2.86. The second kappa shape index (κ2) is 9.92. The van der Waals surface area contributed by atoms with Crippen LogP contribution in [0.15, 0.2) is 54.6 Å². The summed E-state index contributed by atoms with van der Waals surface area (Å²) in [6.45, 7) is 1.62. The molecule has 6 heteroatoms. The Morgan fingerprint density at radius 1 is 1.04 bits per heavy atom. The number of hydrogen-bond donors (Lipinski definition) is 1. The summed E-state index contributed by atoms with van der Waals surface area (Å²) in [5.74, 6) is -1.69. The number of carbonyl (C=O) groups is 3. The highest BCUT2D eigenvalue weighted by molar-refractivity contribution is 7.98. The zero-order chi connectivity index (χ0) is 19.8. The Kier molecular flexibility index (Phi) is 7.61. The van der Waals surface area contributed by atoms with Crippen molar-refractivity contribution in [3.8, 4) is 11.1 Å². The van der Waals surface area contributed by atoms with Gasteiger partial charge in [0.2, 0.25) is 5.91 Å². The maximum atomic E-state index is 13.3. The molecule has 0 radical (unpaired) electrons. The standard InChI is InChI=1S/C21H23NO4S/c1-3-19(23)22(18(21(25)26)13-14-27-2)20(24)17-12-8-7-11-16(17)15-9-5-4-6-10-15/h4-12,18H,3,13-14H2,1-2H3,(H,25,26)/t18-/m0/s1. The number of carboxylic acid groups (broad SMARTS) is 1. The Morgan fingerprint density at radius 2 is 1.67 bits per heavy atom. The highest BCUT2D eigenvalue weighted by Crippen LogP contribution is 2.26. The van der Waals surface area contributed by atoms with E-state index in [1.165, 1.54) is 11.8 Å². The molecule has 27 heavy (non-hydrogen) atoms. The summed E-state index contributed by atoms with van der Waals surface area (Å²) in [5.41, 5.74) is 1.83. The molecule has 0 bridgehead atoms. The van der Waals surface area contributed by atoms with E-state index in [0.717, 1.165) is 10.5 Å². The van der Waals surface area contributed by atoms with Crippen LogP contribution in [0.25, 0.3) is 11.1 Å². The van der Waals surface area contributed by atoms with Crippen molar-refractivity contribution in [2.45, 2.75) is 25.8 Å². The first-order chi connectivity index (χ1) is 13.0. The van der Waals surface area contributed by atoms with Crippen LogP contribution in [-0.2, 0) is 9.59 Å². The van der Waals surface area contributed by atoms with Crippen molar-refractivity contribution >= 4 is 29.5 Å². The van der Waals surface area contributed by atoms with Gasteiger partial charge in [-0.3, -0.25) is 14.5 Å². The topological polar surface area (TPSA) is 74.7 Å². The van der Waals surface area contributed by atoms with E-state index in [1.54, 1.807) is 25.1 Å². The number of imide groups is 1. The van der Waals surface area contributed by atoms with Crippen molar-refractivity contribution < 1.29 is 19.5 Å². The molecule has 2 amide bonds. The lowest BCUT2D eigenvalue weighted by molar-refractivity contribution is -0.147. The fraction of sp³-hybridized carbons (Fsp3) is 0.286. The van der Waals surface area contributed by atoms with Gasteiger partial charge in [-0.25, -0.2) is 4.79 Å². The number of benzene rings is 2. The molecule has 0 heterocycles. The van der Waals surface area contributed by atoms with Crippen LogP contribution >= 0.6 is 11.8 Å². The third-order valence-corrected chi connectivity index (χ3v) is 4.87. The average molecular weight is 385 g/mol. The number of aliphatic carboxylic acids is 1. The van der Waals surface area contributed by atoms with Crippen molar-refractivity contribution in [3.05, 3.63) is 60.2 Å². The molecule has 0 aromatic heterocycles. The quantitative estimate of drug-likeness (QED) is 0.745. The summed E-state index contributed by atoms with van der Waals surface area (Å²) in [6, 6.07) is 15.1. The molecular weight excluding hydrogens is 362 g/mol. The van der Waals surface area contributed by atoms with Gasteiger partial charge in [-0.1, -0.05) is 55.5 Å². The van der Waals surface area contributed by atoms with Crippen LogP contribution in [0.5, 0.6) is 0 Å². The maximum Gasteiger partial charge on any atom is 0.326 e. The largest absolute Gasteiger partial charge is 0.480 e. The molecular formula is C21H23NO4S. The lowest BCUT2D eigenvalue weighted by atomic mass is 9.98. The molecule has 0 aliphatic rings. The minimum absolute atomic E-state index is 0.0578. The normalized spacial score (nSPS) is 11.6. The Morgan fingerprint density at radius 3 is 2.26 bits per heavy atom. The molecule has 2 rings (SSSR count). The second-order valence-electron chi connectivity index (χ2n) is 5.97. The van der Waals surface area contributed by atoms with Gasteiger partial charge >= 0.3 is 5.97 Å². The Balaban J connectivity index is 2.50. The fourth-order valence-corrected chi connectivity index (χ4v) is 3.32. The van der Waals surface area contributed by atoms with Crippen LogP contribution in [0, 0.1) is 0 Å². The molecule has 1 N–H and O–H groups in total. The number of thioether (sulfide) groups is 1. The van der Waals surface area contributed by atoms with E-state index in [0.29, 0.717) is 16.9 Å². The van der Waals surface area contributed by atoms with E-state index in [4.69, 9.17) is 0 Å². The lowest BCUT2D eigenvalue weighted by Crippen LogP contribution is -2.49. The van der Waals surface area contributed by atoms with Gasteiger partial charge in [0.15, 0.2) is 0 Å². The van der Waals surface area contributed by atoms with Crippen molar-refractivity contribution in [2.24, 2.45) is 0 Å². The van der Waals surface area contributed by atoms with E-state index in [-0.39, 0.29) is 12.8 Å². The molecule has 0 aliphatic heterocycles. The molecule has 142 valence electrons. The van der Waals surface area contributed by atoms with Gasteiger partial charge in [0.1, 0.15) is 6.04 Å². The van der Waals surface area contributed by atoms with Crippen LogP contribution < -0.4 is 0 Å². The lowest BCUT2D eigenvalue weighted by Gasteiger charge is -2.27. The molecule has 0 aliphatic carbocycles. The minimum Gasteiger partial charge on any atom is -0.480 e. The highest BCUT2D eigenvalue weighted by atomic mass is 32.2. The van der Waals surface area contributed by atoms with Crippen LogP contribution in [0.4, 0.5) is 0 Å². The molecule has 0 unspecified atom stereocenters. The van der Waals surface area contributed by atoms with E-state index in [9.17, 15) is 19.5 Å². The van der Waals surface area contributed by atoms with Gasteiger partial charge in [-0.2, -0.15) is 11.8 Å². The predicted octanol–water partition coefficient (Wildman–Crippen LogP) is 3.94. The first-order valence-corrected chi connectivity index (χ1v) is 10.1. The Labute approximate surface area is 163 Å². The number of amides is 2. The second-order valence-corrected chi connectivity index (χ2v) is 6.96. The molecule has 5 nitrogen and oxygen atoms in total. The third-order valence-electron chi connectivity index (χ3n) is 4.22. The molecule has 2 aromatic rings. The molecule has 1 atom stereocenters. The van der Waals surface area contributed by atoms with Crippen molar-refractivity contribution in [1.29, 1.82) is 0 Å². The summed E-state index contributed by atoms with van der Waals surface area (Å²) >= 11 is 1.48. The van der Waals surface area contributed by atoms with E-state index >= 15 is 0 Å². The summed E-state index contributed by atoms with van der Waals surface area (Å²) < 4.78 is 0. The van der Waals surface area contributed by atoms with Gasteiger partial charge in [-0.15, -0.1) is 0 Å². The molecule has 0 saturated carbocycles. The number of carboxylic acids is 1. The van der Waals surface area contributed by atoms with Crippen LogP contribution in [0.3, 0.4) is 0 Å². The molecule has 0 spiro atoms. The van der Waals surface area contributed by atoms with Gasteiger partial charge < -0.3 is 5.11 Å². The number of nitrogens with zero attached hydrogens (tertiary/aromatic N) is 1. The zero-order valence-electron chi connectivity index (χ0n) is 15.4. The predicted molar refractivity (Wildman–Crippen MR) is 108 cm³/mol. The van der Waals surface area contributed by atoms with Gasteiger partial charge in [0, 0.05) is 12.0 Å². The minimum atomic E-state index is -1.18. The summed E-state index contributed by atoms with van der Waals surface area (Å²) in [6.07, 6.45) is 2.13. The Hall–Kier alpha value is -2.60.